The lowest BCUT2D eigenvalue weighted by Gasteiger charge is -2.23. The number of aryl methyl sites for hydroxylation is 1. The highest BCUT2D eigenvalue weighted by Gasteiger charge is 2.31. The third kappa shape index (κ3) is 4.43. The molecule has 0 saturated heterocycles. The molecule has 0 radical (unpaired) electrons. The second kappa shape index (κ2) is 7.38. The fourth-order valence-corrected chi connectivity index (χ4v) is 3.35. The van der Waals surface area contributed by atoms with E-state index >= 15 is 0 Å². The van der Waals surface area contributed by atoms with E-state index in [1.807, 2.05) is 11.3 Å². The van der Waals surface area contributed by atoms with Crippen LogP contribution in [0.25, 0.3) is 0 Å². The van der Waals surface area contributed by atoms with Crippen LogP contribution in [0.2, 0.25) is 0 Å². The summed E-state index contributed by atoms with van der Waals surface area (Å²) in [5, 5.41) is 4.62. The van der Waals surface area contributed by atoms with Crippen molar-refractivity contribution in [3.05, 3.63) is 10.6 Å². The third-order valence-corrected chi connectivity index (χ3v) is 4.64. The largest absolute Gasteiger partial charge is 0.383 e. The minimum absolute atomic E-state index is 0.683. The Labute approximate surface area is 126 Å². The van der Waals surface area contributed by atoms with Gasteiger partial charge in [-0.2, -0.15) is 0 Å². The lowest BCUT2D eigenvalue weighted by molar-refractivity contribution is 0.199. The van der Waals surface area contributed by atoms with Crippen molar-refractivity contribution in [2.45, 2.75) is 46.2 Å². The van der Waals surface area contributed by atoms with Crippen molar-refractivity contribution in [3.8, 4) is 0 Å². The van der Waals surface area contributed by atoms with Crippen LogP contribution in [-0.4, -0.2) is 37.8 Å². The van der Waals surface area contributed by atoms with Crippen molar-refractivity contribution < 1.29 is 4.74 Å². The summed E-state index contributed by atoms with van der Waals surface area (Å²) in [7, 11) is 1.73. The van der Waals surface area contributed by atoms with Crippen LogP contribution in [0.1, 0.15) is 37.3 Å². The molecule has 5 heteroatoms. The topological polar surface area (TPSA) is 37.4 Å². The summed E-state index contributed by atoms with van der Waals surface area (Å²) in [6.45, 7) is 10.3. The normalized spacial score (nSPS) is 15.1. The first-order valence-electron chi connectivity index (χ1n) is 7.54. The number of aromatic nitrogens is 1. The number of hydrogen-bond donors (Lipinski definition) is 1. The lowest BCUT2D eigenvalue weighted by Crippen LogP contribution is -2.29. The maximum Gasteiger partial charge on any atom is 0.186 e. The highest BCUT2D eigenvalue weighted by atomic mass is 32.1. The molecule has 1 aromatic rings. The van der Waals surface area contributed by atoms with Crippen molar-refractivity contribution in [2.24, 2.45) is 5.92 Å². The standard InChI is InChI=1S/C15H27N3OS/c1-11(2)10-18(13-5-6-13)15-17-12(3)14(20-15)9-16-7-8-19-4/h11,13,16H,5-10H2,1-4H3. The van der Waals surface area contributed by atoms with Gasteiger partial charge in [-0.25, -0.2) is 4.98 Å². The Balaban J connectivity index is 1.97. The Morgan fingerprint density at radius 2 is 2.20 bits per heavy atom. The molecule has 2 rings (SSSR count). The molecule has 4 nitrogen and oxygen atoms in total. The number of hydrogen-bond acceptors (Lipinski definition) is 5. The number of methoxy groups -OCH3 is 1. The summed E-state index contributed by atoms with van der Waals surface area (Å²) in [4.78, 5) is 8.66. The fourth-order valence-electron chi connectivity index (χ4n) is 2.24. The van der Waals surface area contributed by atoms with Crippen LogP contribution in [0.15, 0.2) is 0 Å². The summed E-state index contributed by atoms with van der Waals surface area (Å²) >= 11 is 1.85. The predicted molar refractivity (Wildman–Crippen MR) is 85.6 cm³/mol. The second-order valence-electron chi connectivity index (χ2n) is 5.95. The molecule has 0 bridgehead atoms. The molecule has 1 aliphatic carbocycles. The Bertz CT molecular complexity index is 415. The molecule has 0 unspecified atom stereocenters. The summed E-state index contributed by atoms with van der Waals surface area (Å²) in [6.07, 6.45) is 2.65. The van der Waals surface area contributed by atoms with E-state index in [1.165, 1.54) is 28.5 Å². The molecule has 1 aliphatic rings. The molecule has 0 atom stereocenters. The molecule has 1 aromatic heterocycles. The van der Waals surface area contributed by atoms with Crippen LogP contribution in [0.5, 0.6) is 0 Å². The van der Waals surface area contributed by atoms with Gasteiger partial charge in [-0.15, -0.1) is 11.3 Å². The monoisotopic (exact) mass is 297 g/mol. The van der Waals surface area contributed by atoms with Crippen LogP contribution in [0, 0.1) is 12.8 Å². The summed E-state index contributed by atoms with van der Waals surface area (Å²) in [5.74, 6) is 0.683. The highest BCUT2D eigenvalue weighted by Crippen LogP contribution is 2.35. The number of rotatable bonds is 9. The first-order chi connectivity index (χ1) is 9.61. The van der Waals surface area contributed by atoms with Crippen molar-refractivity contribution >= 4 is 16.5 Å². The van der Waals surface area contributed by atoms with Gasteiger partial charge in [-0.1, -0.05) is 13.8 Å². The Morgan fingerprint density at radius 1 is 1.45 bits per heavy atom. The van der Waals surface area contributed by atoms with Crippen LogP contribution in [0.4, 0.5) is 5.13 Å². The van der Waals surface area contributed by atoms with Gasteiger partial charge in [0.05, 0.1) is 12.3 Å². The van der Waals surface area contributed by atoms with Crippen LogP contribution >= 0.6 is 11.3 Å². The van der Waals surface area contributed by atoms with E-state index in [2.05, 4.69) is 31.0 Å². The molecule has 1 heterocycles. The van der Waals surface area contributed by atoms with Gasteiger partial charge in [-0.05, 0) is 25.7 Å². The van der Waals surface area contributed by atoms with Crippen LogP contribution in [0.3, 0.4) is 0 Å². The van der Waals surface area contributed by atoms with E-state index in [-0.39, 0.29) is 0 Å². The van der Waals surface area contributed by atoms with Gasteiger partial charge in [0.25, 0.3) is 0 Å². The molecule has 0 aromatic carbocycles. The van der Waals surface area contributed by atoms with E-state index < -0.39 is 0 Å². The van der Waals surface area contributed by atoms with Gasteiger partial charge >= 0.3 is 0 Å². The van der Waals surface area contributed by atoms with Gasteiger partial charge in [0.15, 0.2) is 5.13 Å². The van der Waals surface area contributed by atoms with E-state index in [0.29, 0.717) is 5.92 Å². The van der Waals surface area contributed by atoms with E-state index in [9.17, 15) is 0 Å². The van der Waals surface area contributed by atoms with Gasteiger partial charge in [-0.3, -0.25) is 0 Å². The van der Waals surface area contributed by atoms with E-state index in [1.54, 1.807) is 7.11 Å². The van der Waals surface area contributed by atoms with Gasteiger partial charge in [0.1, 0.15) is 0 Å². The molecule has 0 spiro atoms. The van der Waals surface area contributed by atoms with Crippen molar-refractivity contribution in [3.63, 3.8) is 0 Å². The molecule has 20 heavy (non-hydrogen) atoms. The molecule has 1 fully saturated rings. The molecule has 1 N–H and O–H groups in total. The SMILES string of the molecule is COCCNCc1sc(N(CC(C)C)C2CC2)nc1C. The molecule has 1 saturated carbocycles. The minimum Gasteiger partial charge on any atom is -0.383 e. The zero-order chi connectivity index (χ0) is 14.5. The average Bonchev–Trinajstić information content (AvgIpc) is 3.17. The van der Waals surface area contributed by atoms with Crippen LogP contribution < -0.4 is 10.2 Å². The molecule has 114 valence electrons. The molecular weight excluding hydrogens is 270 g/mol. The van der Waals surface area contributed by atoms with Gasteiger partial charge in [0, 0.05) is 37.7 Å². The zero-order valence-corrected chi connectivity index (χ0v) is 13.9. The van der Waals surface area contributed by atoms with E-state index in [0.717, 1.165) is 32.3 Å². The number of nitrogens with zero attached hydrogens (tertiary/aromatic N) is 2. The molecular formula is C15H27N3OS. The predicted octanol–water partition coefficient (Wildman–Crippen LogP) is 2.81. The summed E-state index contributed by atoms with van der Waals surface area (Å²) in [6, 6.07) is 0.734. The number of ether oxygens (including phenoxy) is 1. The fraction of sp³-hybridized carbons (Fsp3) is 0.800. The first kappa shape index (κ1) is 15.7. The van der Waals surface area contributed by atoms with Crippen molar-refractivity contribution in [2.75, 3.05) is 31.7 Å². The zero-order valence-electron chi connectivity index (χ0n) is 13.1. The Kier molecular flexibility index (Phi) is 5.81. The second-order valence-corrected chi connectivity index (χ2v) is 7.01. The summed E-state index contributed by atoms with van der Waals surface area (Å²) < 4.78 is 5.05. The average molecular weight is 297 g/mol. The van der Waals surface area contributed by atoms with Crippen LogP contribution in [-0.2, 0) is 11.3 Å². The molecule has 0 amide bonds. The number of anilines is 1. The van der Waals surface area contributed by atoms with Crippen molar-refractivity contribution in [1.82, 2.24) is 10.3 Å². The number of thiazole rings is 1. The summed E-state index contributed by atoms with van der Waals surface area (Å²) in [5.41, 5.74) is 1.17. The van der Waals surface area contributed by atoms with Gasteiger partial charge < -0.3 is 15.0 Å². The first-order valence-corrected chi connectivity index (χ1v) is 8.36. The Hall–Kier alpha value is -0.650. The number of nitrogens with one attached hydrogen (secondary N) is 1. The maximum absolute atomic E-state index is 5.05. The molecule has 0 aliphatic heterocycles. The van der Waals surface area contributed by atoms with Crippen molar-refractivity contribution in [1.29, 1.82) is 0 Å². The minimum atomic E-state index is 0.683. The van der Waals surface area contributed by atoms with Gasteiger partial charge in [0.2, 0.25) is 0 Å². The van der Waals surface area contributed by atoms with E-state index in [4.69, 9.17) is 9.72 Å². The quantitative estimate of drug-likeness (QED) is 0.711. The maximum atomic E-state index is 5.05. The lowest BCUT2D eigenvalue weighted by atomic mass is 10.2. The highest BCUT2D eigenvalue weighted by molar-refractivity contribution is 7.15. The smallest absolute Gasteiger partial charge is 0.186 e. The Morgan fingerprint density at radius 3 is 2.80 bits per heavy atom. The third-order valence-electron chi connectivity index (χ3n) is 3.45.